The van der Waals surface area contributed by atoms with E-state index in [1.54, 1.807) is 14.2 Å². The van der Waals surface area contributed by atoms with Crippen LogP contribution in [0.5, 0.6) is 11.5 Å². The van der Waals surface area contributed by atoms with E-state index in [2.05, 4.69) is 6.07 Å². The first-order chi connectivity index (χ1) is 8.22. The number of rotatable bonds is 5. The van der Waals surface area contributed by atoms with Crippen LogP contribution in [0, 0.1) is 12.8 Å². The molecule has 94 valence electrons. The van der Waals surface area contributed by atoms with Crippen LogP contribution in [0.25, 0.3) is 0 Å². The van der Waals surface area contributed by atoms with Gasteiger partial charge in [-0.15, -0.1) is 0 Å². The minimum Gasteiger partial charge on any atom is -0.496 e. The van der Waals surface area contributed by atoms with Crippen LogP contribution in [-0.4, -0.2) is 20.8 Å². The van der Waals surface area contributed by atoms with Gasteiger partial charge in [0, 0.05) is 11.5 Å². The average molecular weight is 235 g/mol. The molecule has 1 aliphatic carbocycles. The molecule has 1 unspecified atom stereocenters. The van der Waals surface area contributed by atoms with Crippen molar-refractivity contribution in [2.75, 3.05) is 20.8 Å². The second-order valence-electron chi connectivity index (χ2n) is 4.69. The first-order valence-corrected chi connectivity index (χ1v) is 6.14. The van der Waals surface area contributed by atoms with Crippen molar-refractivity contribution in [3.63, 3.8) is 0 Å². The zero-order chi connectivity index (χ0) is 12.4. The van der Waals surface area contributed by atoms with E-state index < -0.39 is 0 Å². The predicted molar refractivity (Wildman–Crippen MR) is 68.8 cm³/mol. The molecular formula is C14H21NO2. The molecule has 3 nitrogen and oxygen atoms in total. The van der Waals surface area contributed by atoms with Crippen molar-refractivity contribution in [2.24, 2.45) is 11.7 Å². The number of hydrogen-bond acceptors (Lipinski definition) is 3. The molecule has 3 heteroatoms. The standard InChI is InChI=1S/C14H21NO2/c1-9-13(16-2)7-6-11(14(9)17-3)12(8-15)10-4-5-10/h6-7,10,12H,4-5,8,15H2,1-3H3. The maximum Gasteiger partial charge on any atom is 0.128 e. The minimum absolute atomic E-state index is 0.426. The van der Waals surface area contributed by atoms with Crippen LogP contribution in [-0.2, 0) is 0 Å². The summed E-state index contributed by atoms with van der Waals surface area (Å²) < 4.78 is 10.9. The van der Waals surface area contributed by atoms with Gasteiger partial charge in [0.05, 0.1) is 14.2 Å². The van der Waals surface area contributed by atoms with Gasteiger partial charge in [0.15, 0.2) is 0 Å². The molecule has 1 saturated carbocycles. The van der Waals surface area contributed by atoms with Crippen molar-refractivity contribution in [1.82, 2.24) is 0 Å². The van der Waals surface area contributed by atoms with Crippen molar-refractivity contribution in [2.45, 2.75) is 25.7 Å². The van der Waals surface area contributed by atoms with E-state index in [-0.39, 0.29) is 0 Å². The monoisotopic (exact) mass is 235 g/mol. The quantitative estimate of drug-likeness (QED) is 0.852. The molecule has 0 saturated heterocycles. The van der Waals surface area contributed by atoms with Crippen LogP contribution in [0.3, 0.4) is 0 Å². The van der Waals surface area contributed by atoms with Crippen LogP contribution >= 0.6 is 0 Å². The van der Waals surface area contributed by atoms with Gasteiger partial charge in [-0.05, 0) is 43.9 Å². The molecule has 2 N–H and O–H groups in total. The fourth-order valence-corrected chi connectivity index (χ4v) is 2.55. The predicted octanol–water partition coefficient (Wildman–Crippen LogP) is 2.46. The van der Waals surface area contributed by atoms with Gasteiger partial charge in [-0.25, -0.2) is 0 Å². The fraction of sp³-hybridized carbons (Fsp3) is 0.571. The van der Waals surface area contributed by atoms with E-state index in [1.807, 2.05) is 13.0 Å². The van der Waals surface area contributed by atoms with Crippen LogP contribution < -0.4 is 15.2 Å². The number of hydrogen-bond donors (Lipinski definition) is 1. The summed E-state index contributed by atoms with van der Waals surface area (Å²) in [5.74, 6) is 2.97. The Bertz CT molecular complexity index is 399. The molecule has 0 radical (unpaired) electrons. The highest BCUT2D eigenvalue weighted by atomic mass is 16.5. The fourth-order valence-electron chi connectivity index (χ4n) is 2.55. The number of ether oxygens (including phenoxy) is 2. The highest BCUT2D eigenvalue weighted by molar-refractivity contribution is 5.51. The summed E-state index contributed by atoms with van der Waals surface area (Å²) in [5, 5.41) is 0. The van der Waals surface area contributed by atoms with Gasteiger partial charge in [0.2, 0.25) is 0 Å². The molecular weight excluding hydrogens is 214 g/mol. The Morgan fingerprint density at radius 3 is 2.47 bits per heavy atom. The molecule has 1 atom stereocenters. The number of benzene rings is 1. The Balaban J connectivity index is 2.42. The second-order valence-corrected chi connectivity index (χ2v) is 4.69. The number of nitrogens with two attached hydrogens (primary N) is 1. The third-order valence-corrected chi connectivity index (χ3v) is 3.66. The molecule has 1 aromatic rings. The van der Waals surface area contributed by atoms with E-state index >= 15 is 0 Å². The van der Waals surface area contributed by atoms with E-state index in [0.29, 0.717) is 12.5 Å². The van der Waals surface area contributed by atoms with Crippen molar-refractivity contribution in [1.29, 1.82) is 0 Å². The maximum atomic E-state index is 5.90. The lowest BCUT2D eigenvalue weighted by Crippen LogP contribution is -2.15. The molecule has 1 fully saturated rings. The first-order valence-electron chi connectivity index (χ1n) is 6.14. The van der Waals surface area contributed by atoms with Crippen LogP contribution in [0.2, 0.25) is 0 Å². The molecule has 1 aliphatic rings. The van der Waals surface area contributed by atoms with Gasteiger partial charge in [0.25, 0.3) is 0 Å². The highest BCUT2D eigenvalue weighted by Crippen LogP contribution is 2.46. The Kier molecular flexibility index (Phi) is 3.57. The van der Waals surface area contributed by atoms with Gasteiger partial charge in [0.1, 0.15) is 11.5 Å². The molecule has 17 heavy (non-hydrogen) atoms. The molecule has 0 spiro atoms. The molecule has 0 heterocycles. The Hall–Kier alpha value is -1.22. The summed E-state index contributed by atoms with van der Waals surface area (Å²) in [6, 6.07) is 4.11. The summed E-state index contributed by atoms with van der Waals surface area (Å²) in [7, 11) is 3.40. The normalized spacial score (nSPS) is 16.7. The lowest BCUT2D eigenvalue weighted by Gasteiger charge is -2.20. The summed E-state index contributed by atoms with van der Waals surface area (Å²) in [6.07, 6.45) is 2.58. The Labute approximate surface area is 103 Å². The molecule has 0 amide bonds. The zero-order valence-electron chi connectivity index (χ0n) is 10.8. The summed E-state index contributed by atoms with van der Waals surface area (Å²) in [5.41, 5.74) is 8.20. The third kappa shape index (κ3) is 2.25. The molecule has 2 rings (SSSR count). The number of methoxy groups -OCH3 is 2. The minimum atomic E-state index is 0.426. The van der Waals surface area contributed by atoms with Crippen LogP contribution in [0.15, 0.2) is 12.1 Å². The lowest BCUT2D eigenvalue weighted by atomic mass is 9.91. The molecule has 0 bridgehead atoms. The molecule has 0 aromatic heterocycles. The SMILES string of the molecule is COc1ccc(C(CN)C2CC2)c(OC)c1C. The van der Waals surface area contributed by atoms with E-state index in [0.717, 1.165) is 23.0 Å². The summed E-state index contributed by atoms with van der Waals surface area (Å²) in [6.45, 7) is 2.72. The van der Waals surface area contributed by atoms with Gasteiger partial charge < -0.3 is 15.2 Å². The van der Waals surface area contributed by atoms with E-state index in [4.69, 9.17) is 15.2 Å². The van der Waals surface area contributed by atoms with Crippen molar-refractivity contribution in [3.05, 3.63) is 23.3 Å². The lowest BCUT2D eigenvalue weighted by molar-refractivity contribution is 0.381. The average Bonchev–Trinajstić information content (AvgIpc) is 3.15. The molecule has 0 aliphatic heterocycles. The van der Waals surface area contributed by atoms with Crippen LogP contribution in [0.4, 0.5) is 0 Å². The first kappa shape index (κ1) is 12.2. The molecule has 1 aromatic carbocycles. The smallest absolute Gasteiger partial charge is 0.128 e. The van der Waals surface area contributed by atoms with E-state index in [1.165, 1.54) is 18.4 Å². The van der Waals surface area contributed by atoms with Gasteiger partial charge in [-0.1, -0.05) is 6.07 Å². The van der Waals surface area contributed by atoms with Gasteiger partial charge in [-0.2, -0.15) is 0 Å². The van der Waals surface area contributed by atoms with Crippen molar-refractivity contribution in [3.8, 4) is 11.5 Å². The van der Waals surface area contributed by atoms with Crippen LogP contribution in [0.1, 0.15) is 29.9 Å². The third-order valence-electron chi connectivity index (χ3n) is 3.66. The van der Waals surface area contributed by atoms with Gasteiger partial charge in [-0.3, -0.25) is 0 Å². The van der Waals surface area contributed by atoms with E-state index in [9.17, 15) is 0 Å². The highest BCUT2D eigenvalue weighted by Gasteiger charge is 2.33. The summed E-state index contributed by atoms with van der Waals surface area (Å²) >= 11 is 0. The topological polar surface area (TPSA) is 44.5 Å². The summed E-state index contributed by atoms with van der Waals surface area (Å²) in [4.78, 5) is 0. The van der Waals surface area contributed by atoms with Gasteiger partial charge >= 0.3 is 0 Å². The Morgan fingerprint density at radius 1 is 1.29 bits per heavy atom. The zero-order valence-corrected chi connectivity index (χ0v) is 10.8. The largest absolute Gasteiger partial charge is 0.496 e. The van der Waals surface area contributed by atoms with Crippen molar-refractivity contribution >= 4 is 0 Å². The van der Waals surface area contributed by atoms with Crippen molar-refractivity contribution < 1.29 is 9.47 Å². The maximum absolute atomic E-state index is 5.90. The Morgan fingerprint density at radius 2 is 2.00 bits per heavy atom. The second kappa shape index (κ2) is 4.96.